The van der Waals surface area contributed by atoms with E-state index in [0.717, 1.165) is 17.2 Å². The topological polar surface area (TPSA) is 49.5 Å². The highest BCUT2D eigenvalue weighted by molar-refractivity contribution is 6.04. The van der Waals surface area contributed by atoms with Gasteiger partial charge in [0.05, 0.1) is 5.56 Å². The van der Waals surface area contributed by atoms with Crippen LogP contribution in [-0.4, -0.2) is 26.3 Å². The zero-order valence-electron chi connectivity index (χ0n) is 13.7. The van der Waals surface area contributed by atoms with E-state index in [1.807, 2.05) is 6.07 Å². The summed E-state index contributed by atoms with van der Waals surface area (Å²) in [7, 11) is 0. The molecule has 7 heteroatoms. The second kappa shape index (κ2) is 5.86. The minimum absolute atomic E-state index is 0.282. The Labute approximate surface area is 143 Å². The predicted molar refractivity (Wildman–Crippen MR) is 86.1 cm³/mol. The van der Waals surface area contributed by atoms with Gasteiger partial charge in [0.2, 0.25) is 5.71 Å². The lowest BCUT2D eigenvalue weighted by atomic mass is 9.93. The second-order valence-corrected chi connectivity index (χ2v) is 6.44. The third-order valence-corrected chi connectivity index (χ3v) is 4.41. The van der Waals surface area contributed by atoms with Crippen molar-refractivity contribution >= 4 is 5.71 Å². The second-order valence-electron chi connectivity index (χ2n) is 6.44. The van der Waals surface area contributed by atoms with Gasteiger partial charge in [-0.3, -0.25) is 0 Å². The first-order valence-corrected chi connectivity index (χ1v) is 7.68. The number of halogens is 3. The Morgan fingerprint density at radius 1 is 1.04 bits per heavy atom. The zero-order valence-corrected chi connectivity index (χ0v) is 13.7. The molecule has 1 unspecified atom stereocenters. The van der Waals surface area contributed by atoms with Crippen molar-refractivity contribution in [2.24, 2.45) is 0 Å². The highest BCUT2D eigenvalue weighted by Gasteiger charge is 2.52. The molecule has 1 aliphatic heterocycles. The molecule has 0 bridgehead atoms. The monoisotopic (exact) mass is 350 g/mol. The SMILES string of the molecule is CC1(C)C(c2ccccc2)=[N+]([O-])C(c2ccc(C(F)(F)F)cc2)N1O. The Morgan fingerprint density at radius 2 is 1.60 bits per heavy atom. The fourth-order valence-electron chi connectivity index (χ4n) is 3.10. The summed E-state index contributed by atoms with van der Waals surface area (Å²) in [6.07, 6.45) is -5.57. The molecule has 1 heterocycles. The van der Waals surface area contributed by atoms with Crippen molar-refractivity contribution in [3.05, 3.63) is 76.5 Å². The van der Waals surface area contributed by atoms with Gasteiger partial charge in [0.1, 0.15) is 5.54 Å². The van der Waals surface area contributed by atoms with Crippen molar-refractivity contribution in [1.29, 1.82) is 0 Å². The van der Waals surface area contributed by atoms with E-state index in [-0.39, 0.29) is 5.56 Å². The lowest BCUT2D eigenvalue weighted by molar-refractivity contribution is -0.544. The van der Waals surface area contributed by atoms with Gasteiger partial charge in [-0.2, -0.15) is 17.9 Å². The molecule has 1 atom stereocenters. The first kappa shape index (κ1) is 17.4. The molecule has 4 nitrogen and oxygen atoms in total. The fraction of sp³-hybridized carbons (Fsp3) is 0.278. The predicted octanol–water partition coefficient (Wildman–Crippen LogP) is 4.19. The van der Waals surface area contributed by atoms with E-state index in [1.54, 1.807) is 38.1 Å². The molecule has 3 rings (SSSR count). The Bertz CT molecular complexity index is 799. The standard InChI is InChI=1S/C18H17F3N2O2/c1-17(2)15(12-6-4-3-5-7-12)22(24)16(23(17)25)13-8-10-14(11-9-13)18(19,20)21/h3-11,16,25H,1-2H3. The summed E-state index contributed by atoms with van der Waals surface area (Å²) in [4.78, 5) is 0. The molecule has 0 saturated heterocycles. The summed E-state index contributed by atoms with van der Waals surface area (Å²) in [5.74, 6) is 0. The number of hydrogen-bond acceptors (Lipinski definition) is 3. The number of benzene rings is 2. The first-order valence-electron chi connectivity index (χ1n) is 7.68. The summed E-state index contributed by atoms with van der Waals surface area (Å²) in [5, 5.41) is 24.3. The zero-order chi connectivity index (χ0) is 18.4. The van der Waals surface area contributed by atoms with E-state index < -0.39 is 23.4 Å². The van der Waals surface area contributed by atoms with Crippen molar-refractivity contribution < 1.29 is 23.1 Å². The Morgan fingerprint density at radius 3 is 2.12 bits per heavy atom. The van der Waals surface area contributed by atoms with Crippen LogP contribution in [0.1, 0.15) is 36.7 Å². The lowest BCUT2D eigenvalue weighted by Gasteiger charge is -2.25. The Kier molecular flexibility index (Phi) is 4.09. The number of nitrogens with zero attached hydrogens (tertiary/aromatic N) is 2. The van der Waals surface area contributed by atoms with Crippen molar-refractivity contribution in [2.45, 2.75) is 31.7 Å². The summed E-state index contributed by atoms with van der Waals surface area (Å²) >= 11 is 0. The number of hydrogen-bond donors (Lipinski definition) is 1. The molecule has 1 N–H and O–H groups in total. The van der Waals surface area contributed by atoms with Gasteiger partial charge in [0.15, 0.2) is 0 Å². The minimum Gasteiger partial charge on any atom is -0.622 e. The van der Waals surface area contributed by atoms with E-state index in [0.29, 0.717) is 16.0 Å². The molecule has 132 valence electrons. The largest absolute Gasteiger partial charge is 0.622 e. The van der Waals surface area contributed by atoms with Gasteiger partial charge in [-0.1, -0.05) is 30.3 Å². The molecule has 0 spiro atoms. The summed E-state index contributed by atoms with van der Waals surface area (Å²) < 4.78 is 38.8. The van der Waals surface area contributed by atoms with E-state index in [1.165, 1.54) is 12.1 Å². The van der Waals surface area contributed by atoms with Crippen molar-refractivity contribution in [2.75, 3.05) is 0 Å². The van der Waals surface area contributed by atoms with Crippen LogP contribution in [0.25, 0.3) is 0 Å². The molecule has 2 aromatic rings. The smallest absolute Gasteiger partial charge is 0.416 e. The molecule has 2 aromatic carbocycles. The number of rotatable bonds is 2. The molecule has 0 aliphatic carbocycles. The van der Waals surface area contributed by atoms with Crippen LogP contribution in [0, 0.1) is 5.21 Å². The van der Waals surface area contributed by atoms with Crippen molar-refractivity contribution in [1.82, 2.24) is 5.06 Å². The number of hydroxylamine groups is 3. The van der Waals surface area contributed by atoms with Crippen LogP contribution in [0.3, 0.4) is 0 Å². The molecule has 0 saturated carbocycles. The highest BCUT2D eigenvalue weighted by atomic mass is 19.4. The lowest BCUT2D eigenvalue weighted by Crippen LogP contribution is -2.44. The number of alkyl halides is 3. The van der Waals surface area contributed by atoms with Crippen LogP contribution in [0.2, 0.25) is 0 Å². The summed E-state index contributed by atoms with van der Waals surface area (Å²) in [6, 6.07) is 13.1. The van der Waals surface area contributed by atoms with Crippen LogP contribution in [0.5, 0.6) is 0 Å². The molecule has 0 radical (unpaired) electrons. The maximum atomic E-state index is 12.9. The molecule has 0 amide bonds. The van der Waals surface area contributed by atoms with Gasteiger partial charge in [0, 0.05) is 11.1 Å². The van der Waals surface area contributed by atoms with Crippen LogP contribution in [0.4, 0.5) is 13.2 Å². The van der Waals surface area contributed by atoms with Crippen LogP contribution in [0.15, 0.2) is 54.6 Å². The average molecular weight is 350 g/mol. The normalized spacial score (nSPS) is 21.0. The van der Waals surface area contributed by atoms with Crippen LogP contribution in [-0.2, 0) is 6.18 Å². The molecular formula is C18H17F3N2O2. The van der Waals surface area contributed by atoms with E-state index in [9.17, 15) is 23.6 Å². The van der Waals surface area contributed by atoms with Gasteiger partial charge < -0.3 is 10.4 Å². The quantitative estimate of drug-likeness (QED) is 0.653. The van der Waals surface area contributed by atoms with Crippen molar-refractivity contribution in [3.8, 4) is 0 Å². The molecule has 25 heavy (non-hydrogen) atoms. The Hall–Kier alpha value is -2.38. The minimum atomic E-state index is -4.45. The van der Waals surface area contributed by atoms with Gasteiger partial charge in [-0.25, -0.2) is 0 Å². The van der Waals surface area contributed by atoms with Crippen LogP contribution < -0.4 is 0 Å². The van der Waals surface area contributed by atoms with Crippen LogP contribution >= 0.6 is 0 Å². The van der Waals surface area contributed by atoms with E-state index >= 15 is 0 Å². The summed E-state index contributed by atoms with van der Waals surface area (Å²) in [6.45, 7) is 3.37. The molecular weight excluding hydrogens is 333 g/mol. The highest BCUT2D eigenvalue weighted by Crippen LogP contribution is 2.38. The van der Waals surface area contributed by atoms with Gasteiger partial charge in [0.25, 0.3) is 6.17 Å². The summed E-state index contributed by atoms with van der Waals surface area (Å²) in [5.41, 5.74) is -0.528. The Balaban J connectivity index is 2.06. The van der Waals surface area contributed by atoms with E-state index in [4.69, 9.17) is 0 Å². The van der Waals surface area contributed by atoms with Gasteiger partial charge >= 0.3 is 6.18 Å². The van der Waals surface area contributed by atoms with E-state index in [2.05, 4.69) is 0 Å². The first-order chi connectivity index (χ1) is 11.6. The molecule has 1 aliphatic rings. The third-order valence-electron chi connectivity index (χ3n) is 4.41. The molecule has 0 aromatic heterocycles. The third kappa shape index (κ3) is 2.89. The fourth-order valence-corrected chi connectivity index (χ4v) is 3.10. The van der Waals surface area contributed by atoms with Crippen molar-refractivity contribution in [3.63, 3.8) is 0 Å². The van der Waals surface area contributed by atoms with Gasteiger partial charge in [-0.15, -0.1) is 5.06 Å². The van der Waals surface area contributed by atoms with Gasteiger partial charge in [-0.05, 0) is 38.1 Å². The molecule has 0 fully saturated rings. The maximum Gasteiger partial charge on any atom is 0.416 e. The average Bonchev–Trinajstić information content (AvgIpc) is 2.73. The maximum absolute atomic E-state index is 12.9.